The fourth-order valence-electron chi connectivity index (χ4n) is 2.57. The Labute approximate surface area is 144 Å². The zero-order valence-corrected chi connectivity index (χ0v) is 14.4. The van der Waals surface area contributed by atoms with E-state index in [0.717, 1.165) is 13.1 Å². The molecule has 4 heteroatoms. The summed E-state index contributed by atoms with van der Waals surface area (Å²) in [5.74, 6) is 0.611. The van der Waals surface area contributed by atoms with Gasteiger partial charge in [0.05, 0.1) is 12.6 Å². The molecule has 0 radical (unpaired) electrons. The van der Waals surface area contributed by atoms with Gasteiger partial charge in [0.1, 0.15) is 0 Å². The van der Waals surface area contributed by atoms with Crippen LogP contribution in [-0.2, 0) is 4.74 Å². The Morgan fingerprint density at radius 3 is 1.82 bits per heavy atom. The fourth-order valence-corrected chi connectivity index (χ4v) is 2.79. The van der Waals surface area contributed by atoms with Gasteiger partial charge in [0, 0.05) is 26.1 Å². The summed E-state index contributed by atoms with van der Waals surface area (Å²) in [6.07, 6.45) is 0. The monoisotopic (exact) mass is 339 g/mol. The summed E-state index contributed by atoms with van der Waals surface area (Å²) in [5, 5.41) is 0. The van der Waals surface area contributed by atoms with Crippen LogP contribution in [0.5, 0.6) is 0 Å². The van der Waals surface area contributed by atoms with Gasteiger partial charge in [-0.05, 0) is 11.1 Å². The third-order valence-corrected chi connectivity index (χ3v) is 3.72. The van der Waals surface area contributed by atoms with E-state index in [4.69, 9.17) is 16.3 Å². The third kappa shape index (κ3) is 5.29. The lowest BCUT2D eigenvalue weighted by atomic mass is 9.97. The van der Waals surface area contributed by atoms with Crippen LogP contribution in [0.25, 0.3) is 0 Å². The van der Waals surface area contributed by atoms with E-state index >= 15 is 0 Å². The molecule has 0 spiro atoms. The maximum atomic E-state index is 6.01. The Kier molecular flexibility index (Phi) is 9.17. The number of nitrogens with zero attached hydrogens (tertiary/aromatic N) is 1. The summed E-state index contributed by atoms with van der Waals surface area (Å²) in [6.45, 7) is 2.39. The molecule has 0 amide bonds. The van der Waals surface area contributed by atoms with Crippen molar-refractivity contribution in [3.8, 4) is 0 Å². The lowest BCUT2D eigenvalue weighted by molar-refractivity contribution is 0.135. The van der Waals surface area contributed by atoms with Gasteiger partial charge < -0.3 is 4.74 Å². The quantitative estimate of drug-likeness (QED) is 0.661. The summed E-state index contributed by atoms with van der Waals surface area (Å²) in [7, 11) is 1.74. The first kappa shape index (κ1) is 19.0. The molecule has 22 heavy (non-hydrogen) atoms. The van der Waals surface area contributed by atoms with E-state index < -0.39 is 0 Å². The highest BCUT2D eigenvalue weighted by molar-refractivity contribution is 6.18. The van der Waals surface area contributed by atoms with Gasteiger partial charge >= 0.3 is 0 Å². The van der Waals surface area contributed by atoms with Crippen LogP contribution in [0, 0.1) is 0 Å². The molecule has 120 valence electrons. The summed E-state index contributed by atoms with van der Waals surface area (Å²) in [5.41, 5.74) is 2.56. The van der Waals surface area contributed by atoms with E-state index in [-0.39, 0.29) is 18.4 Å². The Hall–Kier alpha value is -1.06. The van der Waals surface area contributed by atoms with Crippen molar-refractivity contribution in [1.82, 2.24) is 4.90 Å². The smallest absolute Gasteiger partial charge is 0.0602 e. The van der Waals surface area contributed by atoms with E-state index in [1.165, 1.54) is 11.1 Å². The van der Waals surface area contributed by atoms with Crippen molar-refractivity contribution in [3.63, 3.8) is 0 Å². The van der Waals surface area contributed by atoms with Gasteiger partial charge in [-0.25, -0.2) is 0 Å². The predicted molar refractivity (Wildman–Crippen MR) is 96.1 cm³/mol. The van der Waals surface area contributed by atoms with Crippen LogP contribution in [0.15, 0.2) is 60.7 Å². The zero-order valence-electron chi connectivity index (χ0n) is 12.8. The molecule has 0 saturated carbocycles. The average molecular weight is 340 g/mol. The first-order valence-electron chi connectivity index (χ1n) is 7.25. The molecule has 2 rings (SSSR count). The minimum atomic E-state index is 0. The van der Waals surface area contributed by atoms with Gasteiger partial charge in [-0.15, -0.1) is 24.0 Å². The Balaban J connectivity index is 0.00000242. The van der Waals surface area contributed by atoms with Crippen LogP contribution in [0.3, 0.4) is 0 Å². The van der Waals surface area contributed by atoms with E-state index in [1.807, 2.05) is 12.1 Å². The van der Waals surface area contributed by atoms with Crippen LogP contribution in [0.4, 0.5) is 0 Å². The molecule has 0 aliphatic carbocycles. The number of alkyl halides is 1. The number of hydrogen-bond acceptors (Lipinski definition) is 2. The first-order valence-corrected chi connectivity index (χ1v) is 7.79. The summed E-state index contributed by atoms with van der Waals surface area (Å²) >= 11 is 6.01. The molecule has 2 nitrogen and oxygen atoms in total. The second-order valence-corrected chi connectivity index (χ2v) is 5.32. The maximum absolute atomic E-state index is 6.01. The average Bonchev–Trinajstić information content (AvgIpc) is 2.55. The van der Waals surface area contributed by atoms with Gasteiger partial charge in [-0.2, -0.15) is 0 Å². The number of benzene rings is 2. The molecule has 0 unspecified atom stereocenters. The van der Waals surface area contributed by atoms with Gasteiger partial charge in [0.15, 0.2) is 0 Å². The molecule has 0 fully saturated rings. The lowest BCUT2D eigenvalue weighted by Gasteiger charge is -2.32. The van der Waals surface area contributed by atoms with Crippen molar-refractivity contribution >= 4 is 24.0 Å². The molecular weight excluding hydrogens is 317 g/mol. The second kappa shape index (κ2) is 10.6. The van der Waals surface area contributed by atoms with Crippen molar-refractivity contribution in [2.24, 2.45) is 0 Å². The largest absolute Gasteiger partial charge is 0.383 e. The maximum Gasteiger partial charge on any atom is 0.0602 e. The van der Waals surface area contributed by atoms with Crippen molar-refractivity contribution in [2.45, 2.75) is 6.04 Å². The summed E-state index contributed by atoms with van der Waals surface area (Å²) < 4.78 is 5.26. The highest BCUT2D eigenvalue weighted by Gasteiger charge is 2.21. The van der Waals surface area contributed by atoms with Gasteiger partial charge in [0.2, 0.25) is 0 Å². The molecule has 0 bridgehead atoms. The number of methoxy groups -OCH3 is 1. The molecule has 0 heterocycles. The van der Waals surface area contributed by atoms with Crippen molar-refractivity contribution in [1.29, 1.82) is 0 Å². The van der Waals surface area contributed by atoms with Crippen LogP contribution >= 0.6 is 24.0 Å². The lowest BCUT2D eigenvalue weighted by Crippen LogP contribution is -2.34. The molecule has 2 aromatic carbocycles. The third-order valence-electron chi connectivity index (χ3n) is 3.55. The normalized spacial score (nSPS) is 10.7. The van der Waals surface area contributed by atoms with Crippen LogP contribution in [0.2, 0.25) is 0 Å². The van der Waals surface area contributed by atoms with Crippen LogP contribution < -0.4 is 0 Å². The predicted octanol–water partition coefficient (Wildman–Crippen LogP) is 4.39. The van der Waals surface area contributed by atoms with Gasteiger partial charge in [-0.1, -0.05) is 60.7 Å². The zero-order chi connectivity index (χ0) is 14.9. The number of ether oxygens (including phenoxy) is 1. The highest BCUT2D eigenvalue weighted by Crippen LogP contribution is 2.28. The van der Waals surface area contributed by atoms with Crippen LogP contribution in [-0.4, -0.2) is 37.6 Å². The second-order valence-electron chi connectivity index (χ2n) is 4.94. The Morgan fingerprint density at radius 1 is 0.909 bits per heavy atom. The molecule has 0 aliphatic heterocycles. The van der Waals surface area contributed by atoms with E-state index in [9.17, 15) is 0 Å². The molecule has 2 aromatic rings. The summed E-state index contributed by atoms with van der Waals surface area (Å²) in [4.78, 5) is 2.38. The van der Waals surface area contributed by atoms with E-state index in [1.54, 1.807) is 7.11 Å². The molecule has 0 N–H and O–H groups in total. The Morgan fingerprint density at radius 2 is 1.41 bits per heavy atom. The molecule has 0 aliphatic rings. The number of rotatable bonds is 8. The van der Waals surface area contributed by atoms with Crippen molar-refractivity contribution < 1.29 is 4.74 Å². The van der Waals surface area contributed by atoms with E-state index in [2.05, 4.69) is 53.4 Å². The van der Waals surface area contributed by atoms with Gasteiger partial charge in [0.25, 0.3) is 0 Å². The molecule has 0 atom stereocenters. The fraction of sp³-hybridized carbons (Fsp3) is 0.333. The minimum absolute atomic E-state index is 0. The Bertz CT molecular complexity index is 468. The highest BCUT2D eigenvalue weighted by atomic mass is 35.5. The van der Waals surface area contributed by atoms with Gasteiger partial charge in [-0.3, -0.25) is 4.90 Å². The SMILES string of the molecule is COCCN(CCCl)C(c1ccccc1)c1ccccc1.Cl. The molecular formula is C18H23Cl2NO. The topological polar surface area (TPSA) is 12.5 Å². The van der Waals surface area contributed by atoms with Crippen molar-refractivity contribution in [2.75, 3.05) is 32.7 Å². The minimum Gasteiger partial charge on any atom is -0.383 e. The number of halogens is 2. The van der Waals surface area contributed by atoms with Crippen LogP contribution in [0.1, 0.15) is 17.2 Å². The standard InChI is InChI=1S/C18H22ClNO.ClH/c1-21-15-14-20(13-12-19)18(16-8-4-2-5-9-16)17-10-6-3-7-11-17;/h2-11,18H,12-15H2,1H3;1H. The van der Waals surface area contributed by atoms with E-state index in [0.29, 0.717) is 12.5 Å². The molecule has 0 aromatic heterocycles. The molecule has 0 saturated heterocycles. The number of hydrogen-bond donors (Lipinski definition) is 0. The first-order chi connectivity index (χ1) is 10.4. The van der Waals surface area contributed by atoms with Crippen molar-refractivity contribution in [3.05, 3.63) is 71.8 Å². The summed E-state index contributed by atoms with van der Waals surface area (Å²) in [6, 6.07) is 21.3.